The number of rotatable bonds is 5. The van der Waals surface area contributed by atoms with Gasteiger partial charge in [0.2, 0.25) is 0 Å². The van der Waals surface area contributed by atoms with E-state index in [2.05, 4.69) is 28.4 Å². The maximum atomic E-state index is 5.56. The van der Waals surface area contributed by atoms with Crippen LogP contribution < -0.4 is 11.3 Å². The molecule has 2 heterocycles. The second-order valence-electron chi connectivity index (χ2n) is 3.66. The lowest BCUT2D eigenvalue weighted by molar-refractivity contribution is 0.520. The van der Waals surface area contributed by atoms with Crippen LogP contribution in [0.15, 0.2) is 36.4 Å². The van der Waals surface area contributed by atoms with E-state index >= 15 is 0 Å². The molecular weight excluding hydrogens is 218 g/mol. The number of nitrogens with one attached hydrogen (secondary N) is 1. The number of allylic oxidation sites excluding steroid dienone is 1. The number of hydrazine groups is 1. The molecule has 0 fully saturated rings. The van der Waals surface area contributed by atoms with Gasteiger partial charge in [0.1, 0.15) is 0 Å². The highest BCUT2D eigenvalue weighted by atomic mass is 32.1. The SMILES string of the molecule is C=CCCC(NN)c1cnc2ccsc2c1. The number of fused-ring (bicyclic) bond motifs is 1. The molecule has 2 aromatic rings. The standard InChI is InChI=1S/C12H15N3S/c1-2-3-4-10(15-13)9-7-12-11(14-8-9)5-6-16-12/h2,5-8,10,15H,1,3-4,13H2. The number of hydrogen-bond donors (Lipinski definition) is 2. The topological polar surface area (TPSA) is 50.9 Å². The molecule has 0 saturated carbocycles. The molecule has 0 radical (unpaired) electrons. The Morgan fingerprint density at radius 2 is 2.50 bits per heavy atom. The second-order valence-corrected chi connectivity index (χ2v) is 4.61. The van der Waals surface area contributed by atoms with Gasteiger partial charge in [-0.25, -0.2) is 0 Å². The van der Waals surface area contributed by atoms with Gasteiger partial charge in [0.05, 0.1) is 10.2 Å². The summed E-state index contributed by atoms with van der Waals surface area (Å²) in [5.74, 6) is 5.56. The molecule has 0 aliphatic rings. The summed E-state index contributed by atoms with van der Waals surface area (Å²) in [6.07, 6.45) is 5.68. The summed E-state index contributed by atoms with van der Waals surface area (Å²) in [4.78, 5) is 4.41. The summed E-state index contributed by atoms with van der Waals surface area (Å²) in [6, 6.07) is 4.33. The summed E-state index contributed by atoms with van der Waals surface area (Å²) >= 11 is 1.70. The Bertz CT molecular complexity index is 478. The minimum absolute atomic E-state index is 0.150. The molecule has 3 N–H and O–H groups in total. The van der Waals surface area contributed by atoms with Crippen molar-refractivity contribution in [3.8, 4) is 0 Å². The van der Waals surface area contributed by atoms with Gasteiger partial charge >= 0.3 is 0 Å². The summed E-state index contributed by atoms with van der Waals surface area (Å²) in [7, 11) is 0. The molecule has 4 heteroatoms. The molecule has 2 aromatic heterocycles. The normalized spacial score (nSPS) is 12.8. The third kappa shape index (κ3) is 2.29. The van der Waals surface area contributed by atoms with Gasteiger partial charge < -0.3 is 0 Å². The Labute approximate surface area is 99.0 Å². The maximum Gasteiger partial charge on any atom is 0.0809 e. The molecule has 1 unspecified atom stereocenters. The van der Waals surface area contributed by atoms with E-state index in [4.69, 9.17) is 5.84 Å². The van der Waals surface area contributed by atoms with E-state index in [0.29, 0.717) is 0 Å². The Morgan fingerprint density at radius 1 is 1.62 bits per heavy atom. The fourth-order valence-electron chi connectivity index (χ4n) is 1.68. The summed E-state index contributed by atoms with van der Waals surface area (Å²) in [5, 5.41) is 2.05. The first-order valence-electron chi connectivity index (χ1n) is 5.25. The molecule has 0 aromatic carbocycles. The van der Waals surface area contributed by atoms with Crippen LogP contribution in [0.1, 0.15) is 24.4 Å². The fourth-order valence-corrected chi connectivity index (χ4v) is 2.47. The highest BCUT2D eigenvalue weighted by Gasteiger charge is 2.10. The zero-order valence-electron chi connectivity index (χ0n) is 9.02. The van der Waals surface area contributed by atoms with Crippen LogP contribution in [-0.4, -0.2) is 4.98 Å². The summed E-state index contributed by atoms with van der Waals surface area (Å²) in [5.41, 5.74) is 5.01. The number of thiophene rings is 1. The van der Waals surface area contributed by atoms with Gasteiger partial charge in [-0.1, -0.05) is 6.08 Å². The quantitative estimate of drug-likeness (QED) is 0.474. The lowest BCUT2D eigenvalue weighted by atomic mass is 10.0. The van der Waals surface area contributed by atoms with E-state index < -0.39 is 0 Å². The molecule has 1 atom stereocenters. The molecular formula is C12H15N3S. The van der Waals surface area contributed by atoms with Crippen LogP contribution in [0.25, 0.3) is 10.2 Å². The van der Waals surface area contributed by atoms with E-state index in [1.165, 1.54) is 4.70 Å². The van der Waals surface area contributed by atoms with E-state index in [9.17, 15) is 0 Å². The van der Waals surface area contributed by atoms with Crippen LogP contribution >= 0.6 is 11.3 Å². The van der Waals surface area contributed by atoms with E-state index in [1.54, 1.807) is 11.3 Å². The van der Waals surface area contributed by atoms with Crippen molar-refractivity contribution < 1.29 is 0 Å². The smallest absolute Gasteiger partial charge is 0.0809 e. The lowest BCUT2D eigenvalue weighted by Gasteiger charge is -2.14. The van der Waals surface area contributed by atoms with E-state index in [1.807, 2.05) is 18.3 Å². The average molecular weight is 233 g/mol. The molecule has 0 amide bonds. The van der Waals surface area contributed by atoms with Crippen molar-refractivity contribution in [3.05, 3.63) is 41.9 Å². The molecule has 0 bridgehead atoms. The van der Waals surface area contributed by atoms with Crippen LogP contribution in [0.3, 0.4) is 0 Å². The minimum Gasteiger partial charge on any atom is -0.271 e. The summed E-state index contributed by atoms with van der Waals surface area (Å²) < 4.78 is 1.20. The van der Waals surface area contributed by atoms with Crippen molar-refractivity contribution in [2.75, 3.05) is 0 Å². The molecule has 0 saturated heterocycles. The zero-order chi connectivity index (χ0) is 11.4. The third-order valence-electron chi connectivity index (χ3n) is 2.59. The third-order valence-corrected chi connectivity index (χ3v) is 3.44. The van der Waals surface area contributed by atoms with Crippen LogP contribution in [0.5, 0.6) is 0 Å². The van der Waals surface area contributed by atoms with Crippen LogP contribution in [0.4, 0.5) is 0 Å². The van der Waals surface area contributed by atoms with Crippen LogP contribution in [0.2, 0.25) is 0 Å². The first kappa shape index (κ1) is 11.3. The molecule has 2 rings (SSSR count). The summed E-state index contributed by atoms with van der Waals surface area (Å²) in [6.45, 7) is 3.72. The zero-order valence-corrected chi connectivity index (χ0v) is 9.83. The molecule has 0 spiro atoms. The molecule has 16 heavy (non-hydrogen) atoms. The molecule has 0 aliphatic carbocycles. The predicted octanol–water partition coefficient (Wildman–Crippen LogP) is 2.77. The van der Waals surface area contributed by atoms with Crippen molar-refractivity contribution in [2.24, 2.45) is 5.84 Å². The number of aromatic nitrogens is 1. The monoisotopic (exact) mass is 233 g/mol. The van der Waals surface area contributed by atoms with Crippen molar-refractivity contribution in [1.29, 1.82) is 0 Å². The Hall–Kier alpha value is -1.23. The van der Waals surface area contributed by atoms with Gasteiger partial charge in [-0.3, -0.25) is 16.3 Å². The lowest BCUT2D eigenvalue weighted by Crippen LogP contribution is -2.27. The Kier molecular flexibility index (Phi) is 3.66. The van der Waals surface area contributed by atoms with Gasteiger partial charge in [0.25, 0.3) is 0 Å². The fraction of sp³-hybridized carbons (Fsp3) is 0.250. The van der Waals surface area contributed by atoms with Crippen molar-refractivity contribution in [1.82, 2.24) is 10.4 Å². The maximum absolute atomic E-state index is 5.56. The second kappa shape index (κ2) is 5.21. The van der Waals surface area contributed by atoms with E-state index in [-0.39, 0.29) is 6.04 Å². The van der Waals surface area contributed by atoms with Gasteiger partial charge in [-0.05, 0) is 35.9 Å². The number of hydrogen-bond acceptors (Lipinski definition) is 4. The highest BCUT2D eigenvalue weighted by molar-refractivity contribution is 7.17. The molecule has 84 valence electrons. The van der Waals surface area contributed by atoms with E-state index in [0.717, 1.165) is 23.9 Å². The minimum atomic E-state index is 0.150. The van der Waals surface area contributed by atoms with Crippen LogP contribution in [0, 0.1) is 0 Å². The van der Waals surface area contributed by atoms with Gasteiger partial charge in [-0.2, -0.15) is 0 Å². The van der Waals surface area contributed by atoms with Crippen molar-refractivity contribution >= 4 is 21.6 Å². The average Bonchev–Trinajstić information content (AvgIpc) is 2.77. The van der Waals surface area contributed by atoms with Gasteiger partial charge in [-0.15, -0.1) is 17.9 Å². The number of nitrogens with zero attached hydrogens (tertiary/aromatic N) is 1. The molecule has 0 aliphatic heterocycles. The first-order valence-corrected chi connectivity index (χ1v) is 6.13. The van der Waals surface area contributed by atoms with Gasteiger partial charge in [0, 0.05) is 12.2 Å². The van der Waals surface area contributed by atoms with Crippen molar-refractivity contribution in [3.63, 3.8) is 0 Å². The number of pyridine rings is 1. The van der Waals surface area contributed by atoms with Crippen molar-refractivity contribution in [2.45, 2.75) is 18.9 Å². The molecule has 3 nitrogen and oxygen atoms in total. The number of nitrogens with two attached hydrogens (primary N) is 1. The van der Waals surface area contributed by atoms with Gasteiger partial charge in [0.15, 0.2) is 0 Å². The van der Waals surface area contributed by atoms with Crippen LogP contribution in [-0.2, 0) is 0 Å². The first-order chi connectivity index (χ1) is 7.85. The largest absolute Gasteiger partial charge is 0.271 e. The Balaban J connectivity index is 2.25. The Morgan fingerprint density at radius 3 is 3.25 bits per heavy atom. The highest BCUT2D eigenvalue weighted by Crippen LogP contribution is 2.24. The predicted molar refractivity (Wildman–Crippen MR) is 69.1 cm³/mol.